The van der Waals surface area contributed by atoms with Crippen LogP contribution in [0.4, 0.5) is 0 Å². The van der Waals surface area contributed by atoms with Crippen molar-refractivity contribution < 1.29 is 9.59 Å². The normalized spacial score (nSPS) is 14.3. The minimum Gasteiger partial charge on any atom is -0.386 e. The lowest BCUT2D eigenvalue weighted by molar-refractivity contribution is -0.127. The zero-order valence-corrected chi connectivity index (χ0v) is 14.5. The highest BCUT2D eigenvalue weighted by molar-refractivity contribution is 5.97. The molecular formula is C19H24N4O2. The molecule has 6 nitrogen and oxygen atoms in total. The molecule has 0 saturated carbocycles. The summed E-state index contributed by atoms with van der Waals surface area (Å²) in [5, 5.41) is 14.9. The van der Waals surface area contributed by atoms with Crippen LogP contribution < -0.4 is 10.6 Å². The van der Waals surface area contributed by atoms with E-state index in [4.69, 9.17) is 5.26 Å². The molecule has 25 heavy (non-hydrogen) atoms. The fourth-order valence-electron chi connectivity index (χ4n) is 2.75. The topological polar surface area (TPSA) is 85.2 Å². The van der Waals surface area contributed by atoms with Gasteiger partial charge in [0.05, 0.1) is 0 Å². The molecule has 2 rings (SSSR count). The van der Waals surface area contributed by atoms with Crippen molar-refractivity contribution in [2.24, 2.45) is 0 Å². The van der Waals surface area contributed by atoms with Gasteiger partial charge in [0.1, 0.15) is 11.6 Å². The number of hydrogen-bond acceptors (Lipinski definition) is 4. The highest BCUT2D eigenvalue weighted by Crippen LogP contribution is 2.09. The minimum absolute atomic E-state index is 0.0462. The first-order chi connectivity index (χ1) is 12.1. The van der Waals surface area contributed by atoms with Gasteiger partial charge in [0.2, 0.25) is 5.91 Å². The summed E-state index contributed by atoms with van der Waals surface area (Å²) in [6.45, 7) is 4.47. The van der Waals surface area contributed by atoms with Gasteiger partial charge in [-0.2, -0.15) is 5.26 Å². The average molecular weight is 340 g/mol. The van der Waals surface area contributed by atoms with E-state index in [2.05, 4.69) is 10.6 Å². The van der Waals surface area contributed by atoms with E-state index in [1.807, 2.05) is 42.2 Å². The number of amides is 2. The van der Waals surface area contributed by atoms with Gasteiger partial charge in [0.25, 0.3) is 5.91 Å². The maximum Gasteiger partial charge on any atom is 0.263 e. The Morgan fingerprint density at radius 1 is 1.44 bits per heavy atom. The lowest BCUT2D eigenvalue weighted by Gasteiger charge is -2.15. The largest absolute Gasteiger partial charge is 0.386 e. The maximum absolute atomic E-state index is 12.0. The predicted molar refractivity (Wildman–Crippen MR) is 95.2 cm³/mol. The van der Waals surface area contributed by atoms with Crippen molar-refractivity contribution in [2.45, 2.75) is 32.7 Å². The summed E-state index contributed by atoms with van der Waals surface area (Å²) in [4.78, 5) is 25.3. The van der Waals surface area contributed by atoms with E-state index >= 15 is 0 Å². The molecule has 1 aromatic rings. The first-order valence-corrected chi connectivity index (χ1v) is 8.55. The number of carbonyl (C=O) groups is 2. The van der Waals surface area contributed by atoms with Crippen molar-refractivity contribution in [3.05, 3.63) is 47.2 Å². The number of benzene rings is 1. The Morgan fingerprint density at radius 3 is 2.96 bits per heavy atom. The van der Waals surface area contributed by atoms with Crippen molar-refractivity contribution in [1.29, 1.82) is 5.26 Å². The van der Waals surface area contributed by atoms with E-state index in [1.54, 1.807) is 0 Å². The van der Waals surface area contributed by atoms with Crippen molar-refractivity contribution in [2.75, 3.05) is 19.6 Å². The lowest BCUT2D eigenvalue weighted by atomic mass is 10.1. The van der Waals surface area contributed by atoms with Crippen LogP contribution in [0.3, 0.4) is 0 Å². The van der Waals surface area contributed by atoms with Crippen molar-refractivity contribution in [3.63, 3.8) is 0 Å². The van der Waals surface area contributed by atoms with Crippen LogP contribution in [0.15, 0.2) is 36.0 Å². The molecule has 0 spiro atoms. The fourth-order valence-corrected chi connectivity index (χ4v) is 2.75. The summed E-state index contributed by atoms with van der Waals surface area (Å²) >= 11 is 0. The quantitative estimate of drug-likeness (QED) is 0.428. The highest BCUT2D eigenvalue weighted by atomic mass is 16.2. The van der Waals surface area contributed by atoms with Crippen LogP contribution in [0.2, 0.25) is 0 Å². The van der Waals surface area contributed by atoms with Crippen LogP contribution in [0.5, 0.6) is 0 Å². The van der Waals surface area contributed by atoms with Crippen LogP contribution in [-0.4, -0.2) is 36.3 Å². The summed E-state index contributed by atoms with van der Waals surface area (Å²) in [5.41, 5.74) is 2.30. The number of likely N-dealkylation sites (tertiary alicyclic amines) is 1. The standard InChI is InChI=1S/C19H24N4O2/c1-15-5-2-6-16(11-15)13-21-14-17(12-20)19(25)22-8-4-10-23-9-3-7-18(23)24/h2,5-6,11,14,21H,3-4,7-10,13H2,1H3,(H,22,25)/b17-14-. The minimum atomic E-state index is -0.396. The Kier molecular flexibility index (Phi) is 7.02. The summed E-state index contributed by atoms with van der Waals surface area (Å²) < 4.78 is 0. The van der Waals surface area contributed by atoms with Gasteiger partial charge in [0.15, 0.2) is 0 Å². The van der Waals surface area contributed by atoms with E-state index in [-0.39, 0.29) is 11.5 Å². The molecule has 1 aliphatic rings. The summed E-state index contributed by atoms with van der Waals surface area (Å²) in [7, 11) is 0. The molecule has 0 radical (unpaired) electrons. The summed E-state index contributed by atoms with van der Waals surface area (Å²) in [5.74, 6) is -0.212. The van der Waals surface area contributed by atoms with E-state index < -0.39 is 5.91 Å². The Morgan fingerprint density at radius 2 is 2.28 bits per heavy atom. The van der Waals surface area contributed by atoms with E-state index in [1.165, 1.54) is 6.20 Å². The first-order valence-electron chi connectivity index (χ1n) is 8.55. The second kappa shape index (κ2) is 9.48. The molecule has 0 bridgehead atoms. The Balaban J connectivity index is 1.72. The van der Waals surface area contributed by atoms with Crippen molar-refractivity contribution in [1.82, 2.24) is 15.5 Å². The number of nitriles is 1. The zero-order chi connectivity index (χ0) is 18.1. The molecule has 0 atom stereocenters. The predicted octanol–water partition coefficient (Wildman–Crippen LogP) is 1.62. The molecule has 6 heteroatoms. The third kappa shape index (κ3) is 5.96. The summed E-state index contributed by atoms with van der Waals surface area (Å²) in [6, 6.07) is 9.93. The third-order valence-corrected chi connectivity index (χ3v) is 4.06. The molecule has 0 aliphatic carbocycles. The molecule has 1 saturated heterocycles. The highest BCUT2D eigenvalue weighted by Gasteiger charge is 2.19. The molecule has 2 N–H and O–H groups in total. The number of nitrogens with one attached hydrogen (secondary N) is 2. The number of carbonyl (C=O) groups excluding carboxylic acids is 2. The van der Waals surface area contributed by atoms with Gasteiger partial charge in [-0.1, -0.05) is 29.8 Å². The van der Waals surface area contributed by atoms with Gasteiger partial charge >= 0.3 is 0 Å². The zero-order valence-electron chi connectivity index (χ0n) is 14.5. The number of aryl methyl sites for hydroxylation is 1. The molecule has 132 valence electrons. The molecule has 0 aromatic heterocycles. The van der Waals surface area contributed by atoms with Gasteiger partial charge in [0, 0.05) is 38.8 Å². The molecule has 2 amide bonds. The van der Waals surface area contributed by atoms with Crippen molar-refractivity contribution in [3.8, 4) is 6.07 Å². The molecule has 1 aromatic carbocycles. The van der Waals surface area contributed by atoms with Crippen LogP contribution in [0, 0.1) is 18.3 Å². The maximum atomic E-state index is 12.0. The molecule has 1 aliphatic heterocycles. The van der Waals surface area contributed by atoms with Crippen molar-refractivity contribution >= 4 is 11.8 Å². The molecule has 0 unspecified atom stereocenters. The van der Waals surface area contributed by atoms with Crippen LogP contribution >= 0.6 is 0 Å². The Labute approximate surface area is 148 Å². The lowest BCUT2D eigenvalue weighted by Crippen LogP contribution is -2.31. The second-order valence-corrected chi connectivity index (χ2v) is 6.13. The molecule has 1 fully saturated rings. The van der Waals surface area contributed by atoms with Gasteiger partial charge in [-0.25, -0.2) is 0 Å². The second-order valence-electron chi connectivity index (χ2n) is 6.13. The van der Waals surface area contributed by atoms with Gasteiger partial charge in [-0.05, 0) is 25.3 Å². The average Bonchev–Trinajstić information content (AvgIpc) is 3.00. The van der Waals surface area contributed by atoms with Crippen LogP contribution in [0.1, 0.15) is 30.4 Å². The van der Waals surface area contributed by atoms with E-state index in [9.17, 15) is 9.59 Å². The van der Waals surface area contributed by atoms with Gasteiger partial charge < -0.3 is 15.5 Å². The number of hydrogen-bond donors (Lipinski definition) is 2. The Bertz CT molecular complexity index is 691. The SMILES string of the molecule is Cc1cccc(CN/C=C(/C#N)C(=O)NCCCN2CCCC2=O)c1. The monoisotopic (exact) mass is 340 g/mol. The van der Waals surface area contributed by atoms with Gasteiger partial charge in [-0.15, -0.1) is 0 Å². The van der Waals surface area contributed by atoms with E-state index in [0.29, 0.717) is 32.5 Å². The fraction of sp³-hybridized carbons (Fsp3) is 0.421. The molecular weight excluding hydrogens is 316 g/mol. The van der Waals surface area contributed by atoms with Crippen LogP contribution in [0.25, 0.3) is 0 Å². The smallest absolute Gasteiger partial charge is 0.263 e. The summed E-state index contributed by atoms with van der Waals surface area (Å²) in [6.07, 6.45) is 3.67. The number of rotatable bonds is 8. The van der Waals surface area contributed by atoms with Crippen LogP contribution in [-0.2, 0) is 16.1 Å². The third-order valence-electron chi connectivity index (χ3n) is 4.06. The molecule has 1 heterocycles. The van der Waals surface area contributed by atoms with E-state index in [0.717, 1.165) is 24.1 Å². The Hall–Kier alpha value is -2.81. The first kappa shape index (κ1) is 18.5. The van der Waals surface area contributed by atoms with Gasteiger partial charge in [-0.3, -0.25) is 9.59 Å². The number of nitrogens with zero attached hydrogens (tertiary/aromatic N) is 2.